The number of carbonyl (C=O) groups is 1. The second-order valence-electron chi connectivity index (χ2n) is 7.20. The third-order valence-corrected chi connectivity index (χ3v) is 5.56. The first-order valence-corrected chi connectivity index (χ1v) is 10.0. The minimum atomic E-state index is -0.292. The van der Waals surface area contributed by atoms with Gasteiger partial charge in [0.1, 0.15) is 0 Å². The molecule has 3 rings (SSSR count). The van der Waals surface area contributed by atoms with E-state index in [-0.39, 0.29) is 5.91 Å². The highest BCUT2D eigenvalue weighted by Gasteiger charge is 2.20. The van der Waals surface area contributed by atoms with Crippen LogP contribution >= 0.6 is 11.6 Å². The molecule has 1 saturated heterocycles. The Labute approximate surface area is 176 Å². The number of hydrogen-bond donors (Lipinski definition) is 1. The molecule has 1 aliphatic rings. The van der Waals surface area contributed by atoms with Gasteiger partial charge in [-0.2, -0.15) is 0 Å². The molecule has 1 heterocycles. The molecule has 1 amide bonds. The maximum atomic E-state index is 12.8. The van der Waals surface area contributed by atoms with Gasteiger partial charge in [0.2, 0.25) is 5.75 Å². The lowest BCUT2D eigenvalue weighted by Crippen LogP contribution is -2.32. The molecular weight excluding hydrogens is 392 g/mol. The molecule has 2 aromatic rings. The lowest BCUT2D eigenvalue weighted by atomic mass is 9.99. The SMILES string of the molecule is COc1cc(C(=O)Nc2ccc(N3CCC(C)CC3)c(Cl)c2)cc(OC)c1OC. The first-order valence-electron chi connectivity index (χ1n) is 9.62. The van der Waals surface area contributed by atoms with Crippen molar-refractivity contribution in [2.45, 2.75) is 19.8 Å². The topological polar surface area (TPSA) is 60.0 Å². The monoisotopic (exact) mass is 418 g/mol. The minimum absolute atomic E-state index is 0.292. The van der Waals surface area contributed by atoms with Crippen LogP contribution in [0.3, 0.4) is 0 Å². The summed E-state index contributed by atoms with van der Waals surface area (Å²) in [6.45, 7) is 4.27. The van der Waals surface area contributed by atoms with Gasteiger partial charge in [0, 0.05) is 24.3 Å². The minimum Gasteiger partial charge on any atom is -0.493 e. The molecule has 0 unspecified atom stereocenters. The van der Waals surface area contributed by atoms with Gasteiger partial charge in [0.25, 0.3) is 5.91 Å². The predicted molar refractivity (Wildman–Crippen MR) is 116 cm³/mol. The number of carbonyl (C=O) groups excluding carboxylic acids is 1. The molecule has 6 nitrogen and oxygen atoms in total. The Morgan fingerprint density at radius 3 is 2.17 bits per heavy atom. The smallest absolute Gasteiger partial charge is 0.255 e. The number of piperidine rings is 1. The standard InChI is InChI=1S/C22H27ClN2O4/c1-14-7-9-25(10-8-14)18-6-5-16(13-17(18)23)24-22(26)15-11-19(27-2)21(29-4)20(12-15)28-3/h5-6,11-14H,7-10H2,1-4H3,(H,24,26). The van der Waals surface area contributed by atoms with Crippen molar-refractivity contribution in [1.82, 2.24) is 0 Å². The van der Waals surface area contributed by atoms with Crippen LogP contribution in [0.2, 0.25) is 5.02 Å². The Balaban J connectivity index is 1.78. The van der Waals surface area contributed by atoms with Gasteiger partial charge >= 0.3 is 0 Å². The molecule has 1 fully saturated rings. The fraction of sp³-hybridized carbons (Fsp3) is 0.409. The van der Waals surface area contributed by atoms with Crippen LogP contribution < -0.4 is 24.4 Å². The van der Waals surface area contributed by atoms with Crippen LogP contribution in [0.15, 0.2) is 30.3 Å². The summed E-state index contributed by atoms with van der Waals surface area (Å²) in [5, 5.41) is 3.51. The molecule has 156 valence electrons. The van der Waals surface area contributed by atoms with Crippen LogP contribution in [-0.2, 0) is 0 Å². The molecule has 1 aliphatic heterocycles. The van der Waals surface area contributed by atoms with Crippen molar-refractivity contribution >= 4 is 28.9 Å². The maximum Gasteiger partial charge on any atom is 0.255 e. The Morgan fingerprint density at radius 1 is 1.03 bits per heavy atom. The van der Waals surface area contributed by atoms with Crippen LogP contribution in [-0.4, -0.2) is 40.3 Å². The quantitative estimate of drug-likeness (QED) is 0.726. The molecule has 0 bridgehead atoms. The van der Waals surface area contributed by atoms with Crippen LogP contribution in [0.25, 0.3) is 0 Å². The number of rotatable bonds is 6. The normalized spacial score (nSPS) is 14.4. The zero-order valence-electron chi connectivity index (χ0n) is 17.3. The van der Waals surface area contributed by atoms with Crippen molar-refractivity contribution in [3.8, 4) is 17.2 Å². The third kappa shape index (κ3) is 4.70. The number of nitrogens with zero attached hydrogens (tertiary/aromatic N) is 1. The van der Waals surface area contributed by atoms with Crippen molar-refractivity contribution < 1.29 is 19.0 Å². The van der Waals surface area contributed by atoms with E-state index in [1.54, 1.807) is 18.2 Å². The third-order valence-electron chi connectivity index (χ3n) is 5.26. The zero-order valence-corrected chi connectivity index (χ0v) is 18.0. The highest BCUT2D eigenvalue weighted by Crippen LogP contribution is 2.38. The molecule has 7 heteroatoms. The van der Waals surface area contributed by atoms with E-state index in [0.717, 1.165) is 37.5 Å². The highest BCUT2D eigenvalue weighted by molar-refractivity contribution is 6.33. The number of anilines is 2. The number of halogens is 1. The van der Waals surface area contributed by atoms with Crippen molar-refractivity contribution in [3.63, 3.8) is 0 Å². The molecule has 2 aromatic carbocycles. The van der Waals surface area contributed by atoms with Gasteiger partial charge < -0.3 is 24.4 Å². The fourth-order valence-corrected chi connectivity index (χ4v) is 3.81. The first kappa shape index (κ1) is 21.1. The summed E-state index contributed by atoms with van der Waals surface area (Å²) >= 11 is 6.51. The van der Waals surface area contributed by atoms with Crippen LogP contribution in [0.1, 0.15) is 30.1 Å². The molecule has 0 aromatic heterocycles. The van der Waals surface area contributed by atoms with Gasteiger partial charge in [-0.25, -0.2) is 0 Å². The summed E-state index contributed by atoms with van der Waals surface area (Å²) in [4.78, 5) is 15.1. The molecule has 29 heavy (non-hydrogen) atoms. The van der Waals surface area contributed by atoms with Gasteiger partial charge in [-0.1, -0.05) is 18.5 Å². The summed E-state index contributed by atoms with van der Waals surface area (Å²) < 4.78 is 15.9. The Kier molecular flexibility index (Phi) is 6.75. The Hall–Kier alpha value is -2.60. The van der Waals surface area contributed by atoms with Crippen molar-refractivity contribution in [1.29, 1.82) is 0 Å². The van der Waals surface area contributed by atoms with Gasteiger partial charge in [-0.3, -0.25) is 4.79 Å². The summed E-state index contributed by atoms with van der Waals surface area (Å²) in [5.74, 6) is 1.74. The number of hydrogen-bond acceptors (Lipinski definition) is 5. The number of nitrogens with one attached hydrogen (secondary N) is 1. The molecule has 0 aliphatic carbocycles. The zero-order chi connectivity index (χ0) is 21.0. The molecule has 0 spiro atoms. The largest absolute Gasteiger partial charge is 0.493 e. The van der Waals surface area contributed by atoms with E-state index in [1.807, 2.05) is 12.1 Å². The fourth-order valence-electron chi connectivity index (χ4n) is 3.51. The average molecular weight is 419 g/mol. The van der Waals surface area contributed by atoms with E-state index < -0.39 is 0 Å². The van der Waals surface area contributed by atoms with Gasteiger partial charge in [-0.15, -0.1) is 0 Å². The van der Waals surface area contributed by atoms with Crippen molar-refractivity contribution in [2.75, 3.05) is 44.6 Å². The maximum absolute atomic E-state index is 12.8. The lowest BCUT2D eigenvalue weighted by Gasteiger charge is -2.32. The number of benzene rings is 2. The highest BCUT2D eigenvalue weighted by atomic mass is 35.5. The lowest BCUT2D eigenvalue weighted by molar-refractivity contribution is 0.102. The number of methoxy groups -OCH3 is 3. The van der Waals surface area contributed by atoms with Gasteiger partial charge in [0.15, 0.2) is 11.5 Å². The summed E-state index contributed by atoms with van der Waals surface area (Å²) in [7, 11) is 4.55. The number of ether oxygens (including phenoxy) is 3. The Morgan fingerprint density at radius 2 is 1.66 bits per heavy atom. The van der Waals surface area contributed by atoms with Crippen LogP contribution in [0, 0.1) is 5.92 Å². The van der Waals surface area contributed by atoms with Crippen LogP contribution in [0.4, 0.5) is 11.4 Å². The summed E-state index contributed by atoms with van der Waals surface area (Å²) in [5.41, 5.74) is 2.02. The Bertz CT molecular complexity index is 854. The first-order chi connectivity index (χ1) is 14.0. The average Bonchev–Trinajstić information content (AvgIpc) is 2.73. The van der Waals surface area contributed by atoms with Crippen LogP contribution in [0.5, 0.6) is 17.2 Å². The molecule has 0 atom stereocenters. The predicted octanol–water partition coefficient (Wildman–Crippen LogP) is 4.85. The second kappa shape index (κ2) is 9.27. The number of amides is 1. The molecule has 1 N–H and O–H groups in total. The van der Waals surface area contributed by atoms with E-state index in [2.05, 4.69) is 17.1 Å². The second-order valence-corrected chi connectivity index (χ2v) is 7.61. The van der Waals surface area contributed by atoms with E-state index in [9.17, 15) is 4.79 Å². The molecule has 0 radical (unpaired) electrons. The van der Waals surface area contributed by atoms with E-state index in [0.29, 0.717) is 33.5 Å². The molecular formula is C22H27ClN2O4. The summed E-state index contributed by atoms with van der Waals surface area (Å²) in [6.07, 6.45) is 2.33. The van der Waals surface area contributed by atoms with Gasteiger partial charge in [0.05, 0.1) is 32.0 Å². The van der Waals surface area contributed by atoms with E-state index in [1.165, 1.54) is 21.3 Å². The van der Waals surface area contributed by atoms with E-state index >= 15 is 0 Å². The van der Waals surface area contributed by atoms with E-state index in [4.69, 9.17) is 25.8 Å². The van der Waals surface area contributed by atoms with Crippen molar-refractivity contribution in [3.05, 3.63) is 40.9 Å². The van der Waals surface area contributed by atoms with Crippen molar-refractivity contribution in [2.24, 2.45) is 5.92 Å². The van der Waals surface area contributed by atoms with Gasteiger partial charge in [-0.05, 0) is 49.1 Å². The summed E-state index contributed by atoms with van der Waals surface area (Å²) in [6, 6.07) is 8.84. The molecule has 0 saturated carbocycles.